The normalized spacial score (nSPS) is 14.5. The van der Waals surface area contributed by atoms with Crippen molar-refractivity contribution in [3.8, 4) is 5.75 Å². The second kappa shape index (κ2) is 6.80. The Morgan fingerprint density at radius 1 is 1.38 bits per heavy atom. The van der Waals surface area contributed by atoms with Gasteiger partial charge >= 0.3 is 0 Å². The van der Waals surface area contributed by atoms with E-state index in [9.17, 15) is 0 Å². The predicted octanol–water partition coefficient (Wildman–Crippen LogP) is 4.28. The zero-order valence-corrected chi connectivity index (χ0v) is 11.1. The second-order valence-corrected chi connectivity index (χ2v) is 4.90. The number of alkyl halides is 1. The summed E-state index contributed by atoms with van der Waals surface area (Å²) in [5.41, 5.74) is 1.25. The molecule has 0 aliphatic rings. The molecule has 0 saturated carbocycles. The zero-order valence-electron chi connectivity index (χ0n) is 10.4. The van der Waals surface area contributed by atoms with Gasteiger partial charge in [0.2, 0.25) is 0 Å². The topological polar surface area (TPSA) is 9.23 Å². The summed E-state index contributed by atoms with van der Waals surface area (Å²) in [7, 11) is 1.69. The van der Waals surface area contributed by atoms with Crippen LogP contribution >= 0.6 is 11.6 Å². The highest BCUT2D eigenvalue weighted by molar-refractivity contribution is 6.20. The van der Waals surface area contributed by atoms with Crippen LogP contribution in [0.2, 0.25) is 0 Å². The van der Waals surface area contributed by atoms with Gasteiger partial charge in [0.25, 0.3) is 0 Å². The minimum Gasteiger partial charge on any atom is -0.497 e. The van der Waals surface area contributed by atoms with Crippen LogP contribution in [0.15, 0.2) is 24.3 Å². The Kier molecular flexibility index (Phi) is 5.68. The minimum atomic E-state index is 0.215. The molecule has 1 rings (SSSR count). The van der Waals surface area contributed by atoms with Gasteiger partial charge in [-0.05, 0) is 36.5 Å². The number of rotatable bonds is 6. The number of hydrogen-bond donors (Lipinski definition) is 0. The minimum absolute atomic E-state index is 0.215. The Morgan fingerprint density at radius 2 is 2.12 bits per heavy atom. The van der Waals surface area contributed by atoms with E-state index >= 15 is 0 Å². The van der Waals surface area contributed by atoms with Crippen LogP contribution in [0.4, 0.5) is 0 Å². The molecule has 2 heteroatoms. The van der Waals surface area contributed by atoms with Crippen molar-refractivity contribution in [1.29, 1.82) is 0 Å². The molecule has 0 amide bonds. The molecule has 1 aromatic rings. The zero-order chi connectivity index (χ0) is 12.0. The number of methoxy groups -OCH3 is 1. The van der Waals surface area contributed by atoms with E-state index in [0.717, 1.165) is 12.2 Å². The van der Waals surface area contributed by atoms with E-state index in [1.54, 1.807) is 7.11 Å². The van der Waals surface area contributed by atoms with E-state index in [4.69, 9.17) is 16.3 Å². The molecule has 0 fully saturated rings. The summed E-state index contributed by atoms with van der Waals surface area (Å²) in [4.78, 5) is 0. The summed E-state index contributed by atoms with van der Waals surface area (Å²) in [5.74, 6) is 1.47. The second-order valence-electron chi connectivity index (χ2n) is 4.34. The van der Waals surface area contributed by atoms with Crippen molar-refractivity contribution in [2.24, 2.45) is 5.92 Å². The van der Waals surface area contributed by atoms with Gasteiger partial charge < -0.3 is 4.74 Å². The highest BCUT2D eigenvalue weighted by Crippen LogP contribution is 2.22. The largest absolute Gasteiger partial charge is 0.497 e. The molecule has 0 N–H and O–H groups in total. The lowest BCUT2D eigenvalue weighted by Crippen LogP contribution is -2.14. The first-order valence-corrected chi connectivity index (χ1v) is 6.38. The molecule has 90 valence electrons. The maximum Gasteiger partial charge on any atom is 0.119 e. The standard InChI is InChI=1S/C14H21ClO/c1-4-6-11(2)14(15)10-12-7-5-8-13(9-12)16-3/h5,7-9,11,14H,4,6,10H2,1-3H3. The third-order valence-corrected chi connectivity index (χ3v) is 3.51. The van der Waals surface area contributed by atoms with E-state index in [-0.39, 0.29) is 5.38 Å². The Bertz CT molecular complexity index is 311. The molecule has 0 aliphatic carbocycles. The third kappa shape index (κ3) is 4.05. The highest BCUT2D eigenvalue weighted by atomic mass is 35.5. The molecule has 0 bridgehead atoms. The summed E-state index contributed by atoms with van der Waals surface area (Å²) in [6.07, 6.45) is 3.31. The van der Waals surface area contributed by atoms with Gasteiger partial charge in [-0.25, -0.2) is 0 Å². The quantitative estimate of drug-likeness (QED) is 0.675. The average Bonchev–Trinajstić information content (AvgIpc) is 2.29. The van der Waals surface area contributed by atoms with Crippen LogP contribution in [-0.4, -0.2) is 12.5 Å². The Hall–Kier alpha value is -0.690. The van der Waals surface area contributed by atoms with E-state index < -0.39 is 0 Å². The van der Waals surface area contributed by atoms with Crippen LogP contribution in [-0.2, 0) is 6.42 Å². The van der Waals surface area contributed by atoms with Crippen molar-refractivity contribution < 1.29 is 4.74 Å². The van der Waals surface area contributed by atoms with E-state index in [0.29, 0.717) is 5.92 Å². The lowest BCUT2D eigenvalue weighted by atomic mass is 9.96. The monoisotopic (exact) mass is 240 g/mol. The number of benzene rings is 1. The number of ether oxygens (including phenoxy) is 1. The number of halogens is 1. The summed E-state index contributed by atoms with van der Waals surface area (Å²) in [6.45, 7) is 4.42. The number of hydrogen-bond acceptors (Lipinski definition) is 1. The first-order chi connectivity index (χ1) is 7.67. The Morgan fingerprint density at radius 3 is 2.75 bits per heavy atom. The van der Waals surface area contributed by atoms with Crippen LogP contribution in [0.5, 0.6) is 5.75 Å². The Labute approximate surface area is 104 Å². The molecule has 0 aromatic heterocycles. The van der Waals surface area contributed by atoms with Crippen molar-refractivity contribution in [3.63, 3.8) is 0 Å². The highest BCUT2D eigenvalue weighted by Gasteiger charge is 2.14. The molecule has 0 heterocycles. The van der Waals surface area contributed by atoms with E-state index in [1.165, 1.54) is 18.4 Å². The molecule has 16 heavy (non-hydrogen) atoms. The van der Waals surface area contributed by atoms with Gasteiger partial charge in [-0.1, -0.05) is 32.4 Å². The van der Waals surface area contributed by atoms with Crippen molar-refractivity contribution in [3.05, 3.63) is 29.8 Å². The molecular weight excluding hydrogens is 220 g/mol. The molecule has 0 radical (unpaired) electrons. The fraction of sp³-hybridized carbons (Fsp3) is 0.571. The van der Waals surface area contributed by atoms with Crippen molar-refractivity contribution in [2.75, 3.05) is 7.11 Å². The van der Waals surface area contributed by atoms with Gasteiger partial charge in [-0.2, -0.15) is 0 Å². The van der Waals surface area contributed by atoms with Crippen molar-refractivity contribution >= 4 is 11.6 Å². The van der Waals surface area contributed by atoms with Gasteiger partial charge in [0, 0.05) is 5.38 Å². The lowest BCUT2D eigenvalue weighted by molar-refractivity contribution is 0.414. The fourth-order valence-electron chi connectivity index (χ4n) is 1.86. The van der Waals surface area contributed by atoms with Gasteiger partial charge in [0.1, 0.15) is 5.75 Å². The third-order valence-electron chi connectivity index (χ3n) is 2.93. The first-order valence-electron chi connectivity index (χ1n) is 5.94. The van der Waals surface area contributed by atoms with Gasteiger partial charge in [-0.3, -0.25) is 0 Å². The first kappa shape index (κ1) is 13.4. The SMILES string of the molecule is CCCC(C)C(Cl)Cc1cccc(OC)c1. The summed E-state index contributed by atoms with van der Waals surface area (Å²) < 4.78 is 5.20. The van der Waals surface area contributed by atoms with Gasteiger partial charge in [-0.15, -0.1) is 11.6 Å². The molecular formula is C14H21ClO. The van der Waals surface area contributed by atoms with Crippen molar-refractivity contribution in [2.45, 2.75) is 38.5 Å². The van der Waals surface area contributed by atoms with Crippen LogP contribution in [0, 0.1) is 5.92 Å². The van der Waals surface area contributed by atoms with E-state index in [1.807, 2.05) is 12.1 Å². The predicted molar refractivity (Wildman–Crippen MR) is 70.4 cm³/mol. The maximum atomic E-state index is 6.40. The molecule has 0 aliphatic heterocycles. The maximum absolute atomic E-state index is 6.40. The Balaban J connectivity index is 2.58. The van der Waals surface area contributed by atoms with Gasteiger partial charge in [0.05, 0.1) is 7.11 Å². The molecule has 2 unspecified atom stereocenters. The molecule has 1 nitrogen and oxygen atoms in total. The summed E-state index contributed by atoms with van der Waals surface area (Å²) >= 11 is 6.40. The van der Waals surface area contributed by atoms with Crippen LogP contribution < -0.4 is 4.74 Å². The van der Waals surface area contributed by atoms with Crippen molar-refractivity contribution in [1.82, 2.24) is 0 Å². The summed E-state index contributed by atoms with van der Waals surface area (Å²) in [6, 6.07) is 8.15. The molecule has 1 aromatic carbocycles. The average molecular weight is 241 g/mol. The van der Waals surface area contributed by atoms with Gasteiger partial charge in [0.15, 0.2) is 0 Å². The van der Waals surface area contributed by atoms with Crippen LogP contribution in [0.3, 0.4) is 0 Å². The lowest BCUT2D eigenvalue weighted by Gasteiger charge is -2.17. The summed E-state index contributed by atoms with van der Waals surface area (Å²) in [5, 5.41) is 0.215. The molecule has 0 saturated heterocycles. The fourth-order valence-corrected chi connectivity index (χ4v) is 2.17. The molecule has 2 atom stereocenters. The molecule has 0 spiro atoms. The van der Waals surface area contributed by atoms with Crippen LogP contribution in [0.25, 0.3) is 0 Å². The smallest absolute Gasteiger partial charge is 0.119 e. The van der Waals surface area contributed by atoms with E-state index in [2.05, 4.69) is 26.0 Å². The van der Waals surface area contributed by atoms with Crippen LogP contribution in [0.1, 0.15) is 32.3 Å².